The smallest absolute Gasteiger partial charge is 0.342 e. The number of likely N-dealkylation sites (tertiary alicyclic amines) is 1. The molecule has 0 unspecified atom stereocenters. The van der Waals surface area contributed by atoms with E-state index in [2.05, 4.69) is 15.1 Å². The topological polar surface area (TPSA) is 72.1 Å². The van der Waals surface area contributed by atoms with E-state index in [0.717, 1.165) is 24.5 Å². The van der Waals surface area contributed by atoms with E-state index in [-0.39, 0.29) is 28.6 Å². The minimum Gasteiger partial charge on any atom is -0.342 e. The van der Waals surface area contributed by atoms with E-state index in [1.165, 1.54) is 6.92 Å². The maximum Gasteiger partial charge on any atom is 0.417 e. The highest BCUT2D eigenvalue weighted by Gasteiger charge is 2.37. The number of piperidine rings is 1. The first-order valence-corrected chi connectivity index (χ1v) is 10.3. The van der Waals surface area contributed by atoms with Crippen molar-refractivity contribution >= 4 is 17.0 Å². The maximum absolute atomic E-state index is 13.6. The number of carbonyl (C=O) groups is 1. The first-order valence-electron chi connectivity index (χ1n) is 10.3. The van der Waals surface area contributed by atoms with Crippen LogP contribution in [0.5, 0.6) is 0 Å². The number of aryl methyl sites for hydroxylation is 2. The summed E-state index contributed by atoms with van der Waals surface area (Å²) in [6.45, 7) is 2.44. The summed E-state index contributed by atoms with van der Waals surface area (Å²) < 4.78 is 46.0. The van der Waals surface area contributed by atoms with Crippen molar-refractivity contribution in [1.29, 1.82) is 0 Å². The summed E-state index contributed by atoms with van der Waals surface area (Å²) in [6, 6.07) is 4.94. The van der Waals surface area contributed by atoms with Crippen molar-refractivity contribution in [2.75, 3.05) is 13.1 Å². The number of carbonyl (C=O) groups excluding carboxylic acids is 1. The largest absolute Gasteiger partial charge is 0.417 e. The molecule has 1 fully saturated rings. The summed E-state index contributed by atoms with van der Waals surface area (Å²) in [7, 11) is 0. The van der Waals surface area contributed by atoms with E-state index in [1.807, 2.05) is 12.1 Å². The van der Waals surface area contributed by atoms with Gasteiger partial charge in [0.1, 0.15) is 0 Å². The van der Waals surface area contributed by atoms with E-state index in [1.54, 1.807) is 17.3 Å². The van der Waals surface area contributed by atoms with Gasteiger partial charge in [-0.15, -0.1) is 0 Å². The standard InChI is InChI=1S/C22H23F3N4O2/c1-14-20-17(22(23,24)25)12-18(27-21(20)31-28-14)16-5-3-11-29(13-16)19(30)6-2-4-15-7-9-26-10-8-15/h7-10,12,16H,2-6,11,13H2,1H3/t16-/m1/s1. The lowest BCUT2D eigenvalue weighted by Gasteiger charge is -2.32. The lowest BCUT2D eigenvalue weighted by molar-refractivity contribution is -0.136. The van der Waals surface area contributed by atoms with Crippen LogP contribution in [0.4, 0.5) is 13.2 Å². The van der Waals surface area contributed by atoms with Gasteiger partial charge in [-0.2, -0.15) is 13.2 Å². The van der Waals surface area contributed by atoms with Gasteiger partial charge in [0.05, 0.1) is 22.3 Å². The van der Waals surface area contributed by atoms with Crippen molar-refractivity contribution in [3.63, 3.8) is 0 Å². The Hall–Kier alpha value is -2.97. The van der Waals surface area contributed by atoms with Crippen LogP contribution in [0.1, 0.15) is 54.1 Å². The van der Waals surface area contributed by atoms with Gasteiger partial charge in [0.15, 0.2) is 0 Å². The van der Waals surface area contributed by atoms with Gasteiger partial charge in [0.2, 0.25) is 5.91 Å². The van der Waals surface area contributed by atoms with Crippen LogP contribution in [0, 0.1) is 6.92 Å². The second-order valence-electron chi connectivity index (χ2n) is 7.93. The number of pyridine rings is 2. The number of nitrogens with zero attached hydrogens (tertiary/aromatic N) is 4. The summed E-state index contributed by atoms with van der Waals surface area (Å²) >= 11 is 0. The fourth-order valence-corrected chi connectivity index (χ4v) is 4.14. The van der Waals surface area contributed by atoms with Crippen LogP contribution in [0.2, 0.25) is 0 Å². The molecule has 31 heavy (non-hydrogen) atoms. The molecule has 1 saturated heterocycles. The molecule has 0 spiro atoms. The average molecular weight is 432 g/mol. The number of hydrogen-bond acceptors (Lipinski definition) is 5. The number of alkyl halides is 3. The normalized spacial score (nSPS) is 17.3. The van der Waals surface area contributed by atoms with Crippen LogP contribution >= 0.6 is 0 Å². The van der Waals surface area contributed by atoms with Gasteiger partial charge in [-0.3, -0.25) is 9.78 Å². The van der Waals surface area contributed by atoms with Crippen LogP contribution in [0.25, 0.3) is 11.1 Å². The minimum absolute atomic E-state index is 0.0198. The third kappa shape index (κ3) is 4.70. The molecule has 4 heterocycles. The number of hydrogen-bond donors (Lipinski definition) is 0. The van der Waals surface area contributed by atoms with E-state index < -0.39 is 11.7 Å². The minimum atomic E-state index is -4.54. The zero-order valence-electron chi connectivity index (χ0n) is 17.2. The van der Waals surface area contributed by atoms with Crippen molar-refractivity contribution in [3.05, 3.63) is 53.1 Å². The molecule has 0 aliphatic carbocycles. The number of rotatable bonds is 5. The number of aromatic nitrogens is 3. The SMILES string of the molecule is Cc1noc2nc([C@@H]3CCCN(C(=O)CCCc4ccncc4)C3)cc(C(F)(F)F)c12. The highest BCUT2D eigenvalue weighted by atomic mass is 19.4. The highest BCUT2D eigenvalue weighted by Crippen LogP contribution is 2.38. The summed E-state index contributed by atoms with van der Waals surface area (Å²) in [4.78, 5) is 22.7. The van der Waals surface area contributed by atoms with Crippen molar-refractivity contribution in [1.82, 2.24) is 20.0 Å². The Morgan fingerprint density at radius 3 is 2.81 bits per heavy atom. The van der Waals surface area contributed by atoms with Crippen LogP contribution in [-0.4, -0.2) is 39.0 Å². The molecule has 3 aromatic heterocycles. The number of amides is 1. The summed E-state index contributed by atoms with van der Waals surface area (Å²) in [6.07, 6.45) is 2.19. The third-order valence-electron chi connectivity index (χ3n) is 5.74. The Morgan fingerprint density at radius 2 is 2.06 bits per heavy atom. The molecule has 1 aliphatic rings. The van der Waals surface area contributed by atoms with Gasteiger partial charge in [0.25, 0.3) is 5.71 Å². The van der Waals surface area contributed by atoms with Crippen molar-refractivity contribution < 1.29 is 22.5 Å². The molecule has 1 aliphatic heterocycles. The second-order valence-corrected chi connectivity index (χ2v) is 7.93. The van der Waals surface area contributed by atoms with Gasteiger partial charge < -0.3 is 9.42 Å². The van der Waals surface area contributed by atoms with Crippen LogP contribution < -0.4 is 0 Å². The van der Waals surface area contributed by atoms with Gasteiger partial charge >= 0.3 is 6.18 Å². The zero-order valence-corrected chi connectivity index (χ0v) is 17.2. The fourth-order valence-electron chi connectivity index (χ4n) is 4.14. The maximum atomic E-state index is 13.6. The van der Waals surface area contributed by atoms with E-state index in [4.69, 9.17) is 4.52 Å². The molecular formula is C22H23F3N4O2. The fraction of sp³-hybridized carbons (Fsp3) is 0.455. The molecule has 0 saturated carbocycles. The molecule has 0 radical (unpaired) electrons. The van der Waals surface area contributed by atoms with Crippen LogP contribution in [0.3, 0.4) is 0 Å². The molecule has 4 rings (SSSR count). The van der Waals surface area contributed by atoms with Crippen molar-refractivity contribution in [2.24, 2.45) is 0 Å². The van der Waals surface area contributed by atoms with Crippen molar-refractivity contribution in [3.8, 4) is 0 Å². The quantitative estimate of drug-likeness (QED) is 0.586. The Morgan fingerprint density at radius 1 is 1.29 bits per heavy atom. The predicted octanol–water partition coefficient (Wildman–Crippen LogP) is 4.67. The Bertz CT molecular complexity index is 1070. The summed E-state index contributed by atoms with van der Waals surface area (Å²) in [5.41, 5.74) is 0.690. The lowest BCUT2D eigenvalue weighted by Crippen LogP contribution is -2.39. The van der Waals surface area contributed by atoms with E-state index >= 15 is 0 Å². The predicted molar refractivity (Wildman–Crippen MR) is 107 cm³/mol. The molecule has 1 atom stereocenters. The van der Waals surface area contributed by atoms with Crippen LogP contribution in [-0.2, 0) is 17.4 Å². The summed E-state index contributed by atoms with van der Waals surface area (Å²) in [5.74, 6) is -0.250. The third-order valence-corrected chi connectivity index (χ3v) is 5.74. The molecule has 1 amide bonds. The molecule has 9 heteroatoms. The number of halogens is 3. The van der Waals surface area contributed by atoms with Crippen molar-refractivity contribution in [2.45, 2.75) is 51.1 Å². The molecule has 164 valence electrons. The van der Waals surface area contributed by atoms with Gasteiger partial charge in [-0.1, -0.05) is 5.16 Å². The van der Waals surface area contributed by atoms with Gasteiger partial charge in [-0.25, -0.2) is 4.98 Å². The zero-order chi connectivity index (χ0) is 22.0. The summed E-state index contributed by atoms with van der Waals surface area (Å²) in [5, 5.41) is 3.55. The average Bonchev–Trinajstić information content (AvgIpc) is 3.14. The number of fused-ring (bicyclic) bond motifs is 1. The molecule has 3 aromatic rings. The molecule has 0 N–H and O–H groups in total. The first-order chi connectivity index (χ1) is 14.8. The van der Waals surface area contributed by atoms with E-state index in [9.17, 15) is 18.0 Å². The highest BCUT2D eigenvalue weighted by molar-refractivity contribution is 5.81. The van der Waals surface area contributed by atoms with Gasteiger partial charge in [-0.05, 0) is 56.4 Å². The Labute approximate surface area is 177 Å². The molecule has 6 nitrogen and oxygen atoms in total. The molecule has 0 aromatic carbocycles. The molecular weight excluding hydrogens is 409 g/mol. The molecule has 0 bridgehead atoms. The second kappa shape index (κ2) is 8.64. The monoisotopic (exact) mass is 432 g/mol. The Balaban J connectivity index is 1.47. The van der Waals surface area contributed by atoms with Gasteiger partial charge in [0, 0.05) is 37.8 Å². The van der Waals surface area contributed by atoms with E-state index in [0.29, 0.717) is 38.0 Å². The first kappa shape index (κ1) is 21.3. The lowest BCUT2D eigenvalue weighted by atomic mass is 9.92. The Kier molecular flexibility index (Phi) is 5.93. The van der Waals surface area contributed by atoms with Crippen LogP contribution in [0.15, 0.2) is 35.1 Å².